The highest BCUT2D eigenvalue weighted by molar-refractivity contribution is 6.20. The third kappa shape index (κ3) is 1.38. The Kier molecular flexibility index (Phi) is 2.18. The minimum Gasteiger partial charge on any atom is -0.123 e. The zero-order valence-electron chi connectivity index (χ0n) is 5.36. The Bertz CT molecular complexity index is 70.8. The predicted octanol–water partition coefficient (Wildman–Crippen LogP) is 2.80. The van der Waals surface area contributed by atoms with Gasteiger partial charge in [-0.05, 0) is 25.2 Å². The average Bonchev–Trinajstić information content (AvgIpc) is 2.14. The molecule has 1 aliphatic rings. The van der Waals surface area contributed by atoms with Crippen molar-refractivity contribution in [2.45, 2.75) is 38.0 Å². The van der Waals surface area contributed by atoms with Crippen molar-refractivity contribution in [3.63, 3.8) is 0 Å². The van der Waals surface area contributed by atoms with Crippen molar-refractivity contribution in [1.29, 1.82) is 0 Å². The van der Waals surface area contributed by atoms with Crippen LogP contribution in [-0.2, 0) is 0 Å². The van der Waals surface area contributed by atoms with Gasteiger partial charge in [0.2, 0.25) is 0 Å². The van der Waals surface area contributed by atoms with Crippen LogP contribution in [0.4, 0.5) is 0 Å². The second-order valence-electron chi connectivity index (χ2n) is 2.68. The Hall–Kier alpha value is 0.290. The van der Waals surface area contributed by atoms with Crippen LogP contribution in [0, 0.1) is 5.92 Å². The second kappa shape index (κ2) is 2.72. The standard InChI is InChI=1S/C7H13Cl/c1-2-6-3-4-7(8)5-6/h6-7H,2-5H2,1H3. The van der Waals surface area contributed by atoms with Gasteiger partial charge in [-0.15, -0.1) is 11.6 Å². The van der Waals surface area contributed by atoms with E-state index >= 15 is 0 Å². The quantitative estimate of drug-likeness (QED) is 0.482. The van der Waals surface area contributed by atoms with E-state index in [1.54, 1.807) is 0 Å². The molecule has 0 aromatic heterocycles. The lowest BCUT2D eigenvalue weighted by Gasteiger charge is -2.01. The molecular weight excluding hydrogens is 120 g/mol. The summed E-state index contributed by atoms with van der Waals surface area (Å²) in [6.07, 6.45) is 5.20. The van der Waals surface area contributed by atoms with E-state index in [-0.39, 0.29) is 0 Å². The van der Waals surface area contributed by atoms with Gasteiger partial charge in [0.25, 0.3) is 0 Å². The summed E-state index contributed by atoms with van der Waals surface area (Å²) in [5.41, 5.74) is 0. The molecular formula is C7H13Cl. The molecule has 0 spiro atoms. The number of alkyl halides is 1. The Labute approximate surface area is 56.2 Å². The largest absolute Gasteiger partial charge is 0.123 e. The summed E-state index contributed by atoms with van der Waals surface area (Å²) in [7, 11) is 0. The van der Waals surface area contributed by atoms with Crippen molar-refractivity contribution in [2.75, 3.05) is 0 Å². The molecule has 0 aromatic rings. The van der Waals surface area contributed by atoms with Gasteiger partial charge in [0.15, 0.2) is 0 Å². The van der Waals surface area contributed by atoms with Crippen LogP contribution >= 0.6 is 11.6 Å². The fourth-order valence-electron chi connectivity index (χ4n) is 1.38. The number of rotatable bonds is 1. The molecule has 8 heavy (non-hydrogen) atoms. The van der Waals surface area contributed by atoms with Gasteiger partial charge in [-0.25, -0.2) is 0 Å². The van der Waals surface area contributed by atoms with E-state index in [0.29, 0.717) is 5.38 Å². The Balaban J connectivity index is 2.22. The van der Waals surface area contributed by atoms with E-state index in [9.17, 15) is 0 Å². The van der Waals surface area contributed by atoms with Crippen LogP contribution in [-0.4, -0.2) is 5.38 Å². The summed E-state index contributed by atoms with van der Waals surface area (Å²) in [5.74, 6) is 0.942. The molecule has 0 bridgehead atoms. The summed E-state index contributed by atoms with van der Waals surface area (Å²) in [5, 5.41) is 0.500. The van der Waals surface area contributed by atoms with Crippen molar-refractivity contribution >= 4 is 11.6 Å². The maximum atomic E-state index is 5.89. The topological polar surface area (TPSA) is 0 Å². The molecule has 1 aliphatic carbocycles. The first-order valence-electron chi connectivity index (χ1n) is 3.47. The van der Waals surface area contributed by atoms with E-state index < -0.39 is 0 Å². The van der Waals surface area contributed by atoms with Crippen LogP contribution in [0.3, 0.4) is 0 Å². The van der Waals surface area contributed by atoms with Crippen LogP contribution in [0.2, 0.25) is 0 Å². The molecule has 0 N–H and O–H groups in total. The lowest BCUT2D eigenvalue weighted by molar-refractivity contribution is 0.531. The number of hydrogen-bond acceptors (Lipinski definition) is 0. The highest BCUT2D eigenvalue weighted by Crippen LogP contribution is 2.30. The highest BCUT2D eigenvalue weighted by Gasteiger charge is 2.20. The van der Waals surface area contributed by atoms with Crippen LogP contribution < -0.4 is 0 Å². The minimum atomic E-state index is 0.500. The SMILES string of the molecule is CCC1CCC(Cl)C1. The summed E-state index contributed by atoms with van der Waals surface area (Å²) in [6, 6.07) is 0. The van der Waals surface area contributed by atoms with Gasteiger partial charge in [-0.3, -0.25) is 0 Å². The molecule has 48 valence electrons. The molecule has 0 amide bonds. The normalized spacial score (nSPS) is 38.2. The van der Waals surface area contributed by atoms with E-state index in [0.717, 1.165) is 5.92 Å². The minimum absolute atomic E-state index is 0.500. The monoisotopic (exact) mass is 132 g/mol. The molecule has 2 atom stereocenters. The zero-order valence-corrected chi connectivity index (χ0v) is 6.12. The van der Waals surface area contributed by atoms with E-state index in [1.807, 2.05) is 0 Å². The van der Waals surface area contributed by atoms with Gasteiger partial charge in [0.1, 0.15) is 0 Å². The van der Waals surface area contributed by atoms with Crippen molar-refractivity contribution in [3.8, 4) is 0 Å². The van der Waals surface area contributed by atoms with Gasteiger partial charge >= 0.3 is 0 Å². The molecule has 0 aliphatic heterocycles. The molecule has 0 aromatic carbocycles. The first kappa shape index (κ1) is 6.41. The fourth-order valence-corrected chi connectivity index (χ4v) is 1.76. The van der Waals surface area contributed by atoms with Crippen LogP contribution in [0.15, 0.2) is 0 Å². The van der Waals surface area contributed by atoms with Gasteiger partial charge in [0.05, 0.1) is 0 Å². The molecule has 1 fully saturated rings. The number of halogens is 1. The van der Waals surface area contributed by atoms with Crippen molar-refractivity contribution in [1.82, 2.24) is 0 Å². The van der Waals surface area contributed by atoms with Crippen molar-refractivity contribution in [3.05, 3.63) is 0 Å². The lowest BCUT2D eigenvalue weighted by atomic mass is 10.1. The molecule has 1 rings (SSSR count). The third-order valence-corrected chi connectivity index (χ3v) is 2.45. The van der Waals surface area contributed by atoms with E-state index in [1.165, 1.54) is 25.7 Å². The molecule has 0 radical (unpaired) electrons. The molecule has 0 nitrogen and oxygen atoms in total. The predicted molar refractivity (Wildman–Crippen MR) is 37.3 cm³/mol. The fraction of sp³-hybridized carbons (Fsp3) is 1.00. The van der Waals surface area contributed by atoms with Crippen LogP contribution in [0.5, 0.6) is 0 Å². The molecule has 0 saturated heterocycles. The van der Waals surface area contributed by atoms with Crippen molar-refractivity contribution in [2.24, 2.45) is 5.92 Å². The Morgan fingerprint density at radius 2 is 2.25 bits per heavy atom. The zero-order chi connectivity index (χ0) is 5.98. The van der Waals surface area contributed by atoms with Crippen LogP contribution in [0.25, 0.3) is 0 Å². The van der Waals surface area contributed by atoms with Gasteiger partial charge in [0, 0.05) is 5.38 Å². The first-order valence-corrected chi connectivity index (χ1v) is 3.90. The average molecular weight is 133 g/mol. The molecule has 2 unspecified atom stereocenters. The Morgan fingerprint density at radius 1 is 1.50 bits per heavy atom. The summed E-state index contributed by atoms with van der Waals surface area (Å²) < 4.78 is 0. The summed E-state index contributed by atoms with van der Waals surface area (Å²) >= 11 is 5.89. The molecule has 1 heteroatoms. The van der Waals surface area contributed by atoms with Crippen LogP contribution in [0.1, 0.15) is 32.6 Å². The van der Waals surface area contributed by atoms with Gasteiger partial charge < -0.3 is 0 Å². The first-order chi connectivity index (χ1) is 3.83. The highest BCUT2D eigenvalue weighted by atomic mass is 35.5. The maximum absolute atomic E-state index is 5.89. The Morgan fingerprint density at radius 3 is 2.50 bits per heavy atom. The third-order valence-electron chi connectivity index (χ3n) is 2.05. The van der Waals surface area contributed by atoms with E-state index in [4.69, 9.17) is 11.6 Å². The maximum Gasteiger partial charge on any atom is 0.0338 e. The smallest absolute Gasteiger partial charge is 0.0338 e. The van der Waals surface area contributed by atoms with Crippen molar-refractivity contribution < 1.29 is 0 Å². The lowest BCUT2D eigenvalue weighted by Crippen LogP contribution is -1.91. The molecule has 0 heterocycles. The van der Waals surface area contributed by atoms with Gasteiger partial charge in [-0.1, -0.05) is 13.3 Å². The van der Waals surface area contributed by atoms with Gasteiger partial charge in [-0.2, -0.15) is 0 Å². The van der Waals surface area contributed by atoms with E-state index in [2.05, 4.69) is 6.92 Å². The second-order valence-corrected chi connectivity index (χ2v) is 3.30. The molecule has 1 saturated carbocycles. The number of hydrogen-bond donors (Lipinski definition) is 0. The summed E-state index contributed by atoms with van der Waals surface area (Å²) in [6.45, 7) is 2.25. The summed E-state index contributed by atoms with van der Waals surface area (Å²) in [4.78, 5) is 0.